The van der Waals surface area contributed by atoms with Crippen LogP contribution in [0.5, 0.6) is 0 Å². The Morgan fingerprint density at radius 3 is 2.69 bits per heavy atom. The monoisotopic (exact) mass is 393 g/mol. The molecule has 0 radical (unpaired) electrons. The Morgan fingerprint density at radius 1 is 1.27 bits per heavy atom. The maximum Gasteiger partial charge on any atom is 0.307 e. The van der Waals surface area contributed by atoms with Gasteiger partial charge in [-0.3, -0.25) is 14.4 Å². The summed E-state index contributed by atoms with van der Waals surface area (Å²) in [6, 6.07) is 5.37. The molecule has 2 amide bonds. The van der Waals surface area contributed by atoms with Crippen LogP contribution in [0.25, 0.3) is 10.2 Å². The number of carbonyl (C=O) groups excluding carboxylic acids is 2. The number of carbonyl (C=O) groups is 3. The average molecular weight is 393 g/mol. The molecular formula is C17H19N3O4S2. The quantitative estimate of drug-likeness (QED) is 0.649. The number of amides is 2. The fraction of sp³-hybridized carbons (Fsp3) is 0.412. The summed E-state index contributed by atoms with van der Waals surface area (Å²) >= 11 is 2.70. The van der Waals surface area contributed by atoms with Gasteiger partial charge in [0.15, 0.2) is 4.34 Å². The average Bonchev–Trinajstić information content (AvgIpc) is 3.02. The van der Waals surface area contributed by atoms with E-state index in [1.165, 1.54) is 23.1 Å². The second-order valence-electron chi connectivity index (χ2n) is 6.24. The van der Waals surface area contributed by atoms with Crippen LogP contribution in [0.1, 0.15) is 25.7 Å². The number of carboxylic acids is 1. The number of primary amides is 1. The first-order chi connectivity index (χ1) is 12.4. The third-order valence-electron chi connectivity index (χ3n) is 4.39. The highest BCUT2D eigenvalue weighted by Crippen LogP contribution is 2.33. The Balaban J connectivity index is 1.72. The molecule has 0 unspecified atom stereocenters. The van der Waals surface area contributed by atoms with Crippen LogP contribution >= 0.6 is 23.1 Å². The fourth-order valence-electron chi connectivity index (χ4n) is 3.15. The van der Waals surface area contributed by atoms with E-state index < -0.39 is 23.7 Å². The van der Waals surface area contributed by atoms with E-state index in [-0.39, 0.29) is 11.7 Å². The predicted molar refractivity (Wildman–Crippen MR) is 101 cm³/mol. The number of nitrogens with zero attached hydrogens (tertiary/aromatic N) is 1. The van der Waals surface area contributed by atoms with Crippen LogP contribution in [0.15, 0.2) is 22.5 Å². The summed E-state index contributed by atoms with van der Waals surface area (Å²) in [5.41, 5.74) is 6.54. The van der Waals surface area contributed by atoms with E-state index in [1.807, 2.05) is 6.07 Å². The predicted octanol–water partition coefficient (Wildman–Crippen LogP) is 2.70. The summed E-state index contributed by atoms with van der Waals surface area (Å²) in [6.07, 6.45) is 2.86. The number of rotatable bonds is 6. The largest absolute Gasteiger partial charge is 0.481 e. The zero-order chi connectivity index (χ0) is 18.7. The molecule has 0 spiro atoms. The van der Waals surface area contributed by atoms with Crippen molar-refractivity contribution in [1.82, 2.24) is 4.98 Å². The molecule has 1 heterocycles. The minimum Gasteiger partial charge on any atom is -0.481 e. The molecule has 1 aliphatic rings. The van der Waals surface area contributed by atoms with Crippen molar-refractivity contribution in [1.29, 1.82) is 0 Å². The molecule has 0 saturated heterocycles. The minimum absolute atomic E-state index is 0.168. The maximum atomic E-state index is 12.6. The van der Waals surface area contributed by atoms with Gasteiger partial charge in [0, 0.05) is 5.69 Å². The number of hydrogen-bond donors (Lipinski definition) is 3. The van der Waals surface area contributed by atoms with Crippen LogP contribution in [0.3, 0.4) is 0 Å². The molecule has 26 heavy (non-hydrogen) atoms. The summed E-state index contributed by atoms with van der Waals surface area (Å²) in [6.45, 7) is 0. The summed E-state index contributed by atoms with van der Waals surface area (Å²) in [4.78, 5) is 39.2. The Kier molecular flexibility index (Phi) is 5.77. The van der Waals surface area contributed by atoms with Gasteiger partial charge in [-0.05, 0) is 31.0 Å². The Labute approximate surface area is 158 Å². The zero-order valence-electron chi connectivity index (χ0n) is 13.9. The summed E-state index contributed by atoms with van der Waals surface area (Å²) in [5, 5.41) is 12.2. The van der Waals surface area contributed by atoms with Gasteiger partial charge in [-0.1, -0.05) is 24.6 Å². The second-order valence-corrected chi connectivity index (χ2v) is 8.50. The highest BCUT2D eigenvalue weighted by molar-refractivity contribution is 8.01. The van der Waals surface area contributed by atoms with Crippen molar-refractivity contribution in [3.05, 3.63) is 18.2 Å². The molecule has 1 aliphatic carbocycles. The van der Waals surface area contributed by atoms with Crippen molar-refractivity contribution in [3.63, 3.8) is 0 Å². The number of thioether (sulfide) groups is 1. The van der Waals surface area contributed by atoms with Gasteiger partial charge in [0.25, 0.3) is 0 Å². The molecule has 7 nitrogen and oxygen atoms in total. The van der Waals surface area contributed by atoms with Crippen molar-refractivity contribution in [2.45, 2.75) is 30.0 Å². The first kappa shape index (κ1) is 18.7. The van der Waals surface area contributed by atoms with Gasteiger partial charge >= 0.3 is 5.97 Å². The van der Waals surface area contributed by atoms with E-state index in [2.05, 4.69) is 10.3 Å². The number of aliphatic carboxylic acids is 1. The molecule has 138 valence electrons. The van der Waals surface area contributed by atoms with E-state index >= 15 is 0 Å². The van der Waals surface area contributed by atoms with Crippen molar-refractivity contribution in [2.75, 3.05) is 11.1 Å². The van der Waals surface area contributed by atoms with Crippen LogP contribution in [0, 0.1) is 11.8 Å². The number of aromatic nitrogens is 1. The van der Waals surface area contributed by atoms with Crippen molar-refractivity contribution >= 4 is 56.8 Å². The van der Waals surface area contributed by atoms with Crippen molar-refractivity contribution in [2.24, 2.45) is 17.6 Å². The first-order valence-electron chi connectivity index (χ1n) is 8.29. The lowest BCUT2D eigenvalue weighted by Crippen LogP contribution is -2.36. The first-order valence-corrected chi connectivity index (χ1v) is 10.1. The Morgan fingerprint density at radius 2 is 2.00 bits per heavy atom. The van der Waals surface area contributed by atoms with Crippen LogP contribution in [-0.2, 0) is 14.4 Å². The summed E-state index contributed by atoms with van der Waals surface area (Å²) in [7, 11) is 0. The van der Waals surface area contributed by atoms with Crippen LogP contribution in [-0.4, -0.2) is 33.6 Å². The molecule has 2 atom stereocenters. The third-order valence-corrected chi connectivity index (χ3v) is 6.58. The lowest BCUT2D eigenvalue weighted by Gasteiger charge is -2.27. The number of nitrogens with two attached hydrogens (primary N) is 1. The molecule has 0 bridgehead atoms. The number of hydrogen-bond acceptors (Lipinski definition) is 6. The van der Waals surface area contributed by atoms with Gasteiger partial charge < -0.3 is 16.2 Å². The standard InChI is InChI=1S/C17H19N3O4S2/c18-14(21)8-25-17-20-12-6-5-9(7-13(12)26-17)19-15(22)10-3-1-2-4-11(10)16(23)24/h5-7,10-11H,1-4,8H2,(H2,18,21)(H,19,22)(H,23,24)/t10-,11-/m0/s1. The van der Waals surface area contributed by atoms with Gasteiger partial charge in [0.05, 0.1) is 27.8 Å². The minimum atomic E-state index is -0.904. The highest BCUT2D eigenvalue weighted by atomic mass is 32.2. The summed E-state index contributed by atoms with van der Waals surface area (Å²) < 4.78 is 1.62. The molecular weight excluding hydrogens is 374 g/mol. The number of nitrogens with one attached hydrogen (secondary N) is 1. The number of fused-ring (bicyclic) bond motifs is 1. The van der Waals surface area contributed by atoms with Gasteiger partial charge in [-0.2, -0.15) is 0 Å². The van der Waals surface area contributed by atoms with E-state index in [0.29, 0.717) is 18.5 Å². The molecule has 9 heteroatoms. The van der Waals surface area contributed by atoms with Crippen LogP contribution in [0.2, 0.25) is 0 Å². The van der Waals surface area contributed by atoms with Gasteiger partial charge in [-0.15, -0.1) is 11.3 Å². The molecule has 1 saturated carbocycles. The lowest BCUT2D eigenvalue weighted by molar-refractivity contribution is -0.147. The SMILES string of the molecule is NC(=O)CSc1nc2ccc(NC(=O)[C@H]3CCCC[C@@H]3C(=O)O)cc2s1. The smallest absolute Gasteiger partial charge is 0.307 e. The normalized spacial score (nSPS) is 20.0. The maximum absolute atomic E-state index is 12.6. The van der Waals surface area contributed by atoms with Crippen LogP contribution in [0.4, 0.5) is 5.69 Å². The molecule has 3 rings (SSSR count). The van der Waals surface area contributed by atoms with Crippen molar-refractivity contribution < 1.29 is 19.5 Å². The number of thiazole rings is 1. The Bertz CT molecular complexity index is 852. The third kappa shape index (κ3) is 4.34. The van der Waals surface area contributed by atoms with E-state index in [1.54, 1.807) is 12.1 Å². The lowest BCUT2D eigenvalue weighted by atomic mass is 9.78. The van der Waals surface area contributed by atoms with Gasteiger partial charge in [0.1, 0.15) is 0 Å². The number of anilines is 1. The second kappa shape index (κ2) is 8.05. The molecule has 1 fully saturated rings. The molecule has 1 aromatic carbocycles. The zero-order valence-corrected chi connectivity index (χ0v) is 15.6. The molecule has 0 aliphatic heterocycles. The van der Waals surface area contributed by atoms with Crippen LogP contribution < -0.4 is 11.1 Å². The fourth-order valence-corrected chi connectivity index (χ4v) is 5.00. The van der Waals surface area contributed by atoms with E-state index in [9.17, 15) is 19.5 Å². The van der Waals surface area contributed by atoms with Crippen molar-refractivity contribution in [3.8, 4) is 0 Å². The van der Waals surface area contributed by atoms with Gasteiger partial charge in [0.2, 0.25) is 11.8 Å². The molecule has 1 aromatic heterocycles. The van der Waals surface area contributed by atoms with E-state index in [4.69, 9.17) is 5.73 Å². The molecule has 2 aromatic rings. The number of benzene rings is 1. The van der Waals surface area contributed by atoms with Gasteiger partial charge in [-0.25, -0.2) is 4.98 Å². The van der Waals surface area contributed by atoms with E-state index in [0.717, 1.165) is 27.4 Å². The summed E-state index contributed by atoms with van der Waals surface area (Å²) in [5.74, 6) is -2.50. The topological polar surface area (TPSA) is 122 Å². The highest BCUT2D eigenvalue weighted by Gasteiger charge is 2.35. The number of carboxylic acid groups (broad SMARTS) is 1. The molecule has 4 N–H and O–H groups in total. The Hall–Kier alpha value is -2.13.